The molecule has 0 radical (unpaired) electrons. The molecule has 2 aromatic rings. The summed E-state index contributed by atoms with van der Waals surface area (Å²) in [6, 6.07) is 16.6. The van der Waals surface area contributed by atoms with Crippen LogP contribution in [0.2, 0.25) is 0 Å². The van der Waals surface area contributed by atoms with Gasteiger partial charge >= 0.3 is 6.03 Å². The number of hydrogen-bond donors (Lipinski definition) is 2. The van der Waals surface area contributed by atoms with Crippen LogP contribution < -0.4 is 15.4 Å². The first-order valence-electron chi connectivity index (χ1n) is 7.73. The van der Waals surface area contributed by atoms with E-state index in [9.17, 15) is 4.79 Å². The van der Waals surface area contributed by atoms with Crippen LogP contribution in [0.25, 0.3) is 0 Å². The van der Waals surface area contributed by atoms with Crippen molar-refractivity contribution in [2.45, 2.75) is 13.3 Å². The lowest BCUT2D eigenvalue weighted by Gasteiger charge is -2.10. The molecule has 23 heavy (non-hydrogen) atoms. The van der Waals surface area contributed by atoms with Crippen LogP contribution in [0.3, 0.4) is 0 Å². The lowest BCUT2D eigenvalue weighted by Crippen LogP contribution is -2.30. The maximum absolute atomic E-state index is 11.8. The van der Waals surface area contributed by atoms with Crippen molar-refractivity contribution in [2.24, 2.45) is 0 Å². The number of para-hydroxylation sites is 1. The van der Waals surface area contributed by atoms with Gasteiger partial charge in [-0.2, -0.15) is 0 Å². The Balaban J connectivity index is 1.81. The molecule has 0 aliphatic heterocycles. The van der Waals surface area contributed by atoms with Crippen LogP contribution in [0, 0.1) is 0 Å². The van der Waals surface area contributed by atoms with Crippen LogP contribution >= 0.6 is 0 Å². The van der Waals surface area contributed by atoms with Crippen LogP contribution in [0.15, 0.2) is 54.6 Å². The number of urea groups is 1. The van der Waals surface area contributed by atoms with Gasteiger partial charge in [-0.3, -0.25) is 0 Å². The van der Waals surface area contributed by atoms with Crippen LogP contribution in [0.1, 0.15) is 13.3 Å². The largest absolute Gasteiger partial charge is 0.457 e. The minimum atomic E-state index is -0.238. The maximum Gasteiger partial charge on any atom is 0.319 e. The Kier molecular flexibility index (Phi) is 6.94. The maximum atomic E-state index is 11.8. The first-order chi connectivity index (χ1) is 11.3. The average molecular weight is 314 g/mol. The number of amides is 2. The second-order valence-electron chi connectivity index (χ2n) is 4.87. The van der Waals surface area contributed by atoms with E-state index < -0.39 is 0 Å². The van der Waals surface area contributed by atoms with Crippen molar-refractivity contribution in [2.75, 3.05) is 25.1 Å². The molecule has 0 aliphatic carbocycles. The standard InChI is InChI=1S/C18H22N2O3/c1-2-22-13-7-12-19-18(21)20-15-8-6-11-17(14-15)23-16-9-4-3-5-10-16/h3-6,8-11,14H,2,7,12-13H2,1H3,(H2,19,20,21). The van der Waals surface area contributed by atoms with E-state index in [4.69, 9.17) is 9.47 Å². The molecule has 2 amide bonds. The van der Waals surface area contributed by atoms with E-state index in [0.29, 0.717) is 31.2 Å². The highest BCUT2D eigenvalue weighted by atomic mass is 16.5. The molecule has 0 aromatic heterocycles. The van der Waals surface area contributed by atoms with Gasteiger partial charge in [-0.15, -0.1) is 0 Å². The van der Waals surface area contributed by atoms with E-state index in [-0.39, 0.29) is 6.03 Å². The smallest absolute Gasteiger partial charge is 0.319 e. The number of hydrogen-bond acceptors (Lipinski definition) is 3. The van der Waals surface area contributed by atoms with Gasteiger partial charge in [0.15, 0.2) is 0 Å². The van der Waals surface area contributed by atoms with Crippen molar-refractivity contribution in [3.63, 3.8) is 0 Å². The Bertz CT molecular complexity index is 602. The molecule has 0 unspecified atom stereocenters. The summed E-state index contributed by atoms with van der Waals surface area (Å²) >= 11 is 0. The highest BCUT2D eigenvalue weighted by Gasteiger charge is 2.03. The topological polar surface area (TPSA) is 59.6 Å². The lowest BCUT2D eigenvalue weighted by molar-refractivity contribution is 0.145. The summed E-state index contributed by atoms with van der Waals surface area (Å²) in [5.74, 6) is 1.43. The third kappa shape index (κ3) is 6.40. The fraction of sp³-hybridized carbons (Fsp3) is 0.278. The van der Waals surface area contributed by atoms with Gasteiger partial charge in [0, 0.05) is 31.5 Å². The molecule has 5 nitrogen and oxygen atoms in total. The van der Waals surface area contributed by atoms with E-state index in [1.807, 2.05) is 55.5 Å². The van der Waals surface area contributed by atoms with Crippen molar-refractivity contribution in [3.05, 3.63) is 54.6 Å². The van der Waals surface area contributed by atoms with Crippen LogP contribution in [0.5, 0.6) is 11.5 Å². The van der Waals surface area contributed by atoms with Gasteiger partial charge in [0.1, 0.15) is 11.5 Å². The minimum Gasteiger partial charge on any atom is -0.457 e. The van der Waals surface area contributed by atoms with Gasteiger partial charge in [0.2, 0.25) is 0 Å². The molecule has 0 aliphatic rings. The Labute approximate surface area is 136 Å². The quantitative estimate of drug-likeness (QED) is 0.723. The predicted octanol–water partition coefficient (Wildman–Crippen LogP) is 4.03. The molecular formula is C18H22N2O3. The second kappa shape index (κ2) is 9.48. The molecule has 5 heteroatoms. The van der Waals surface area contributed by atoms with Crippen LogP contribution in [-0.2, 0) is 4.74 Å². The van der Waals surface area contributed by atoms with E-state index in [0.717, 1.165) is 12.2 Å². The fourth-order valence-corrected chi connectivity index (χ4v) is 1.96. The summed E-state index contributed by atoms with van der Waals surface area (Å²) in [5.41, 5.74) is 0.681. The molecule has 0 atom stereocenters. The zero-order chi connectivity index (χ0) is 16.3. The Morgan fingerprint density at radius 3 is 2.61 bits per heavy atom. The van der Waals surface area contributed by atoms with Gasteiger partial charge in [-0.05, 0) is 37.6 Å². The molecule has 2 N–H and O–H groups in total. The third-order valence-corrected chi connectivity index (χ3v) is 3.03. The number of benzene rings is 2. The Morgan fingerprint density at radius 1 is 1.04 bits per heavy atom. The van der Waals surface area contributed by atoms with Crippen LogP contribution in [-0.4, -0.2) is 25.8 Å². The first-order valence-corrected chi connectivity index (χ1v) is 7.73. The summed E-state index contributed by atoms with van der Waals surface area (Å²) in [6.45, 7) is 3.87. The summed E-state index contributed by atoms with van der Waals surface area (Å²) in [7, 11) is 0. The number of ether oxygens (including phenoxy) is 2. The molecule has 0 saturated heterocycles. The summed E-state index contributed by atoms with van der Waals surface area (Å²) in [5, 5.41) is 5.58. The van der Waals surface area contributed by atoms with Gasteiger partial charge in [-0.25, -0.2) is 4.79 Å². The highest BCUT2D eigenvalue weighted by molar-refractivity contribution is 5.89. The molecule has 122 valence electrons. The minimum absolute atomic E-state index is 0.238. The first kappa shape index (κ1) is 16.8. The summed E-state index contributed by atoms with van der Waals surface area (Å²) < 4.78 is 11.0. The molecule has 0 spiro atoms. The Hall–Kier alpha value is -2.53. The lowest BCUT2D eigenvalue weighted by atomic mass is 10.3. The Morgan fingerprint density at radius 2 is 1.83 bits per heavy atom. The molecule has 0 heterocycles. The van der Waals surface area contributed by atoms with Gasteiger partial charge in [0.05, 0.1) is 0 Å². The molecule has 0 saturated carbocycles. The third-order valence-electron chi connectivity index (χ3n) is 3.03. The van der Waals surface area contributed by atoms with E-state index in [1.54, 1.807) is 6.07 Å². The number of carbonyl (C=O) groups excluding carboxylic acids is 1. The molecular weight excluding hydrogens is 292 g/mol. The SMILES string of the molecule is CCOCCCNC(=O)Nc1cccc(Oc2ccccc2)c1. The number of carbonyl (C=O) groups is 1. The zero-order valence-electron chi connectivity index (χ0n) is 13.2. The zero-order valence-corrected chi connectivity index (χ0v) is 13.2. The summed E-state index contributed by atoms with van der Waals surface area (Å²) in [4.78, 5) is 11.8. The number of rotatable bonds is 8. The normalized spacial score (nSPS) is 10.1. The molecule has 2 rings (SSSR count). The number of nitrogens with one attached hydrogen (secondary N) is 2. The molecule has 0 bridgehead atoms. The van der Waals surface area contributed by atoms with Gasteiger partial charge < -0.3 is 20.1 Å². The van der Waals surface area contributed by atoms with Gasteiger partial charge in [-0.1, -0.05) is 24.3 Å². The van der Waals surface area contributed by atoms with E-state index in [1.165, 1.54) is 0 Å². The number of anilines is 1. The van der Waals surface area contributed by atoms with E-state index >= 15 is 0 Å². The van der Waals surface area contributed by atoms with Crippen molar-refractivity contribution < 1.29 is 14.3 Å². The van der Waals surface area contributed by atoms with Crippen molar-refractivity contribution in [1.29, 1.82) is 0 Å². The van der Waals surface area contributed by atoms with Gasteiger partial charge in [0.25, 0.3) is 0 Å². The van der Waals surface area contributed by atoms with E-state index in [2.05, 4.69) is 10.6 Å². The second-order valence-corrected chi connectivity index (χ2v) is 4.87. The van der Waals surface area contributed by atoms with Crippen molar-refractivity contribution in [1.82, 2.24) is 5.32 Å². The highest BCUT2D eigenvalue weighted by Crippen LogP contribution is 2.23. The monoisotopic (exact) mass is 314 g/mol. The molecule has 2 aromatic carbocycles. The summed E-state index contributed by atoms with van der Waals surface area (Å²) in [6.07, 6.45) is 0.790. The van der Waals surface area contributed by atoms with Crippen molar-refractivity contribution in [3.8, 4) is 11.5 Å². The van der Waals surface area contributed by atoms with Crippen molar-refractivity contribution >= 4 is 11.7 Å². The average Bonchev–Trinajstić information content (AvgIpc) is 2.56. The predicted molar refractivity (Wildman–Crippen MR) is 91.1 cm³/mol. The fourth-order valence-electron chi connectivity index (χ4n) is 1.96. The van der Waals surface area contributed by atoms with Crippen LogP contribution in [0.4, 0.5) is 10.5 Å². The molecule has 0 fully saturated rings.